The van der Waals surface area contributed by atoms with Crippen LogP contribution in [0.15, 0.2) is 59.2 Å². The minimum absolute atomic E-state index is 0.0237. The maximum absolute atomic E-state index is 12.6. The van der Waals surface area contributed by atoms with E-state index in [0.29, 0.717) is 5.56 Å². The molecule has 26 heavy (non-hydrogen) atoms. The van der Waals surface area contributed by atoms with Gasteiger partial charge in [-0.15, -0.1) is 0 Å². The molecule has 1 heterocycles. The molecule has 1 aromatic heterocycles. The zero-order valence-electron chi connectivity index (χ0n) is 13.3. The number of alkyl halides is 2. The van der Waals surface area contributed by atoms with E-state index in [0.717, 1.165) is 11.8 Å². The van der Waals surface area contributed by atoms with Gasteiger partial charge in [-0.2, -0.15) is 8.78 Å². The summed E-state index contributed by atoms with van der Waals surface area (Å²) in [6.45, 7) is -2.88. The first kappa shape index (κ1) is 17.4. The summed E-state index contributed by atoms with van der Waals surface area (Å²) in [6, 6.07) is 13.3. The smallest absolute Gasteiger partial charge is 0.387 e. The number of halogens is 2. The lowest BCUT2D eigenvalue weighted by atomic mass is 10.2. The molecule has 0 aliphatic heterocycles. The fourth-order valence-corrected chi connectivity index (χ4v) is 2.19. The highest BCUT2D eigenvalue weighted by Gasteiger charge is 2.16. The van der Waals surface area contributed by atoms with Crippen molar-refractivity contribution < 1.29 is 32.6 Å². The van der Waals surface area contributed by atoms with Crippen molar-refractivity contribution in [1.82, 2.24) is 4.98 Å². The van der Waals surface area contributed by atoms with Crippen LogP contribution in [0.2, 0.25) is 0 Å². The monoisotopic (exact) mass is 361 g/mol. The van der Waals surface area contributed by atoms with Crippen molar-refractivity contribution in [1.29, 1.82) is 0 Å². The highest BCUT2D eigenvalue weighted by Crippen LogP contribution is 2.34. The molecule has 2 aromatic carbocycles. The normalized spacial score (nSPS) is 10.7. The van der Waals surface area contributed by atoms with Gasteiger partial charge in [0.2, 0.25) is 5.89 Å². The third kappa shape index (κ3) is 4.15. The van der Waals surface area contributed by atoms with Crippen molar-refractivity contribution in [2.24, 2.45) is 0 Å². The summed E-state index contributed by atoms with van der Waals surface area (Å²) < 4.78 is 40.4. The van der Waals surface area contributed by atoms with Gasteiger partial charge in [0.15, 0.2) is 17.2 Å². The van der Waals surface area contributed by atoms with E-state index < -0.39 is 12.6 Å². The standard InChI is InChI=1S/C18H13F2NO5/c19-18(20)26-14-7-6-12(16-21-13(10-25-16)17(22)23)8-15(14)24-9-11-4-2-1-3-5-11/h1-8,10,18H,9H2,(H,22,23). The van der Waals surface area contributed by atoms with Crippen LogP contribution in [0, 0.1) is 0 Å². The van der Waals surface area contributed by atoms with E-state index in [4.69, 9.17) is 14.3 Å². The lowest BCUT2D eigenvalue weighted by Crippen LogP contribution is -2.05. The molecule has 0 amide bonds. The van der Waals surface area contributed by atoms with Gasteiger partial charge in [0.25, 0.3) is 0 Å². The molecule has 0 saturated heterocycles. The van der Waals surface area contributed by atoms with Crippen LogP contribution in [0.4, 0.5) is 8.78 Å². The molecule has 0 fully saturated rings. The van der Waals surface area contributed by atoms with E-state index in [1.165, 1.54) is 18.2 Å². The summed E-state index contributed by atoms with van der Waals surface area (Å²) in [4.78, 5) is 14.7. The van der Waals surface area contributed by atoms with E-state index in [1.807, 2.05) is 30.3 Å². The summed E-state index contributed by atoms with van der Waals surface area (Å²) >= 11 is 0. The van der Waals surface area contributed by atoms with Crippen molar-refractivity contribution in [3.8, 4) is 23.0 Å². The van der Waals surface area contributed by atoms with Crippen molar-refractivity contribution in [3.63, 3.8) is 0 Å². The van der Waals surface area contributed by atoms with Crippen molar-refractivity contribution in [2.75, 3.05) is 0 Å². The summed E-state index contributed by atoms with van der Waals surface area (Å²) in [5, 5.41) is 8.90. The van der Waals surface area contributed by atoms with Crippen LogP contribution >= 0.6 is 0 Å². The van der Waals surface area contributed by atoms with Gasteiger partial charge in [0, 0.05) is 5.56 Å². The van der Waals surface area contributed by atoms with Crippen LogP contribution in [-0.4, -0.2) is 22.7 Å². The second-order valence-corrected chi connectivity index (χ2v) is 5.16. The molecule has 0 unspecified atom stereocenters. The van der Waals surface area contributed by atoms with E-state index in [-0.39, 0.29) is 29.7 Å². The first-order chi connectivity index (χ1) is 12.5. The summed E-state index contributed by atoms with van der Waals surface area (Å²) in [5.41, 5.74) is 0.937. The number of hydrogen-bond donors (Lipinski definition) is 1. The quantitative estimate of drug-likeness (QED) is 0.678. The van der Waals surface area contributed by atoms with Crippen molar-refractivity contribution in [3.05, 3.63) is 66.1 Å². The van der Waals surface area contributed by atoms with Gasteiger partial charge in [0.05, 0.1) is 0 Å². The largest absolute Gasteiger partial charge is 0.485 e. The Hall–Kier alpha value is -3.42. The van der Waals surface area contributed by atoms with E-state index in [1.54, 1.807) is 0 Å². The predicted octanol–water partition coefficient (Wildman–Crippen LogP) is 4.22. The fourth-order valence-electron chi connectivity index (χ4n) is 2.19. The summed E-state index contributed by atoms with van der Waals surface area (Å²) in [7, 11) is 0. The highest BCUT2D eigenvalue weighted by molar-refractivity contribution is 5.85. The second kappa shape index (κ2) is 7.64. The number of nitrogens with zero attached hydrogens (tertiary/aromatic N) is 1. The Morgan fingerprint density at radius 1 is 1.15 bits per heavy atom. The number of carbonyl (C=O) groups is 1. The molecule has 1 N–H and O–H groups in total. The number of carboxylic acids is 1. The zero-order valence-corrected chi connectivity index (χ0v) is 13.3. The number of oxazole rings is 1. The molecule has 134 valence electrons. The maximum Gasteiger partial charge on any atom is 0.387 e. The number of aromatic carboxylic acids is 1. The SMILES string of the molecule is O=C(O)c1coc(-c2ccc(OC(F)F)c(OCc3ccccc3)c2)n1. The van der Waals surface area contributed by atoms with Crippen LogP contribution < -0.4 is 9.47 Å². The van der Waals surface area contributed by atoms with Gasteiger partial charge in [-0.05, 0) is 23.8 Å². The number of benzene rings is 2. The van der Waals surface area contributed by atoms with Crippen LogP contribution in [0.5, 0.6) is 11.5 Å². The van der Waals surface area contributed by atoms with Crippen LogP contribution in [0.1, 0.15) is 16.1 Å². The molecule has 3 rings (SSSR count). The van der Waals surface area contributed by atoms with E-state index in [9.17, 15) is 13.6 Å². The average molecular weight is 361 g/mol. The number of aromatic nitrogens is 1. The van der Waals surface area contributed by atoms with Gasteiger partial charge in [-0.25, -0.2) is 9.78 Å². The number of carboxylic acid groups (broad SMARTS) is 1. The highest BCUT2D eigenvalue weighted by atomic mass is 19.3. The van der Waals surface area contributed by atoms with E-state index >= 15 is 0 Å². The van der Waals surface area contributed by atoms with Gasteiger partial charge in [-0.1, -0.05) is 30.3 Å². The Bertz CT molecular complexity index is 896. The Morgan fingerprint density at radius 3 is 2.58 bits per heavy atom. The molecule has 0 aliphatic rings. The molecule has 3 aromatic rings. The minimum Gasteiger partial charge on any atom is -0.485 e. The van der Waals surface area contributed by atoms with Gasteiger partial charge < -0.3 is 19.0 Å². The van der Waals surface area contributed by atoms with Crippen LogP contribution in [0.25, 0.3) is 11.5 Å². The number of hydrogen-bond acceptors (Lipinski definition) is 5. The lowest BCUT2D eigenvalue weighted by molar-refractivity contribution is -0.0515. The molecule has 0 bridgehead atoms. The van der Waals surface area contributed by atoms with E-state index in [2.05, 4.69) is 9.72 Å². The van der Waals surface area contributed by atoms with Gasteiger partial charge in [-0.3, -0.25) is 0 Å². The maximum atomic E-state index is 12.6. The third-order valence-corrected chi connectivity index (χ3v) is 3.37. The molecule has 0 aliphatic carbocycles. The topological polar surface area (TPSA) is 81.8 Å². The van der Waals surface area contributed by atoms with Gasteiger partial charge >= 0.3 is 12.6 Å². The molecule has 6 nitrogen and oxygen atoms in total. The molecule has 0 radical (unpaired) electrons. The molecular formula is C18H13F2NO5. The molecule has 0 atom stereocenters. The van der Waals surface area contributed by atoms with Crippen molar-refractivity contribution in [2.45, 2.75) is 13.2 Å². The Kier molecular flexibility index (Phi) is 5.12. The number of ether oxygens (including phenoxy) is 2. The minimum atomic E-state index is -3.01. The number of rotatable bonds is 7. The molecule has 0 spiro atoms. The zero-order chi connectivity index (χ0) is 18.5. The van der Waals surface area contributed by atoms with Gasteiger partial charge in [0.1, 0.15) is 12.9 Å². The average Bonchev–Trinajstić information content (AvgIpc) is 3.12. The Labute approximate surface area is 146 Å². The summed E-state index contributed by atoms with van der Waals surface area (Å²) in [5.74, 6) is -1.31. The Morgan fingerprint density at radius 2 is 1.92 bits per heavy atom. The predicted molar refractivity (Wildman–Crippen MR) is 86.3 cm³/mol. The van der Waals surface area contributed by atoms with Crippen LogP contribution in [0.3, 0.4) is 0 Å². The second-order valence-electron chi connectivity index (χ2n) is 5.16. The van der Waals surface area contributed by atoms with Crippen LogP contribution in [-0.2, 0) is 6.61 Å². The first-order valence-electron chi connectivity index (χ1n) is 7.47. The lowest BCUT2D eigenvalue weighted by Gasteiger charge is -2.13. The molecule has 8 heteroatoms. The third-order valence-electron chi connectivity index (χ3n) is 3.37. The molecular weight excluding hydrogens is 348 g/mol. The summed E-state index contributed by atoms with van der Waals surface area (Å²) in [6.07, 6.45) is 0.992. The molecule has 0 saturated carbocycles. The Balaban J connectivity index is 1.88. The fraction of sp³-hybridized carbons (Fsp3) is 0.111. The first-order valence-corrected chi connectivity index (χ1v) is 7.47. The van der Waals surface area contributed by atoms with Crippen molar-refractivity contribution >= 4 is 5.97 Å².